The van der Waals surface area contributed by atoms with Crippen molar-refractivity contribution in [3.63, 3.8) is 0 Å². The molecular formula is C10H11BrN2. The van der Waals surface area contributed by atoms with Crippen LogP contribution in [0.25, 0.3) is 5.65 Å². The first-order valence-corrected chi connectivity index (χ1v) is 5.11. The first kappa shape index (κ1) is 8.75. The zero-order valence-electron chi connectivity index (χ0n) is 7.66. The standard InChI is InChI=1S/C10H11BrN2/c1-7(2)9-6-12-10-8(11)4-3-5-13(9)10/h3-7H,1-2H3. The van der Waals surface area contributed by atoms with E-state index in [0.29, 0.717) is 5.92 Å². The molecular weight excluding hydrogens is 228 g/mol. The van der Waals surface area contributed by atoms with E-state index >= 15 is 0 Å². The first-order valence-electron chi connectivity index (χ1n) is 4.31. The molecule has 3 heteroatoms. The molecule has 13 heavy (non-hydrogen) atoms. The van der Waals surface area contributed by atoms with Crippen LogP contribution in [0.15, 0.2) is 29.0 Å². The van der Waals surface area contributed by atoms with E-state index in [-0.39, 0.29) is 0 Å². The molecule has 0 amide bonds. The molecule has 0 aliphatic heterocycles. The molecule has 0 saturated carbocycles. The van der Waals surface area contributed by atoms with E-state index in [1.54, 1.807) is 0 Å². The number of rotatable bonds is 1. The van der Waals surface area contributed by atoms with Crippen molar-refractivity contribution in [2.24, 2.45) is 0 Å². The van der Waals surface area contributed by atoms with Crippen LogP contribution in [0.4, 0.5) is 0 Å². The fourth-order valence-corrected chi connectivity index (χ4v) is 1.87. The number of halogens is 1. The molecule has 0 atom stereocenters. The van der Waals surface area contributed by atoms with Gasteiger partial charge in [0.1, 0.15) is 0 Å². The maximum atomic E-state index is 4.36. The Bertz CT molecular complexity index is 431. The van der Waals surface area contributed by atoms with E-state index in [0.717, 1.165) is 10.1 Å². The molecule has 0 fully saturated rings. The van der Waals surface area contributed by atoms with Gasteiger partial charge in [-0.3, -0.25) is 0 Å². The average molecular weight is 239 g/mol. The van der Waals surface area contributed by atoms with Crippen molar-refractivity contribution in [1.82, 2.24) is 9.38 Å². The molecule has 2 heterocycles. The first-order chi connectivity index (χ1) is 6.20. The highest BCUT2D eigenvalue weighted by Crippen LogP contribution is 2.21. The summed E-state index contributed by atoms with van der Waals surface area (Å²) < 4.78 is 3.16. The summed E-state index contributed by atoms with van der Waals surface area (Å²) in [7, 11) is 0. The van der Waals surface area contributed by atoms with Crippen LogP contribution < -0.4 is 0 Å². The maximum absolute atomic E-state index is 4.36. The number of imidazole rings is 1. The van der Waals surface area contributed by atoms with Crippen LogP contribution in [0, 0.1) is 0 Å². The number of hydrogen-bond donors (Lipinski definition) is 0. The van der Waals surface area contributed by atoms with Gasteiger partial charge in [-0.2, -0.15) is 0 Å². The summed E-state index contributed by atoms with van der Waals surface area (Å²) >= 11 is 3.48. The largest absolute Gasteiger partial charge is 0.303 e. The van der Waals surface area contributed by atoms with Gasteiger partial charge in [0.15, 0.2) is 5.65 Å². The second kappa shape index (κ2) is 3.14. The fourth-order valence-electron chi connectivity index (χ4n) is 1.42. The predicted octanol–water partition coefficient (Wildman–Crippen LogP) is 3.22. The van der Waals surface area contributed by atoms with Gasteiger partial charge in [0, 0.05) is 18.1 Å². The minimum absolute atomic E-state index is 0.504. The number of fused-ring (bicyclic) bond motifs is 1. The molecule has 0 spiro atoms. The predicted molar refractivity (Wildman–Crippen MR) is 57.0 cm³/mol. The number of hydrogen-bond acceptors (Lipinski definition) is 1. The van der Waals surface area contributed by atoms with Crippen LogP contribution >= 0.6 is 15.9 Å². The second-order valence-electron chi connectivity index (χ2n) is 3.39. The highest BCUT2D eigenvalue weighted by Gasteiger charge is 2.07. The molecule has 0 bridgehead atoms. The summed E-state index contributed by atoms with van der Waals surface area (Å²) in [5.74, 6) is 0.504. The Kier molecular flexibility index (Phi) is 2.12. The van der Waals surface area contributed by atoms with Crippen molar-refractivity contribution in [3.05, 3.63) is 34.7 Å². The lowest BCUT2D eigenvalue weighted by Crippen LogP contribution is -1.94. The molecule has 0 N–H and O–H groups in total. The zero-order chi connectivity index (χ0) is 9.42. The summed E-state index contributed by atoms with van der Waals surface area (Å²) in [6.07, 6.45) is 3.98. The number of nitrogens with zero attached hydrogens (tertiary/aromatic N) is 2. The Morgan fingerprint density at radius 3 is 2.92 bits per heavy atom. The fraction of sp³-hybridized carbons (Fsp3) is 0.300. The highest BCUT2D eigenvalue weighted by atomic mass is 79.9. The van der Waals surface area contributed by atoms with Gasteiger partial charge >= 0.3 is 0 Å². The molecule has 0 aliphatic rings. The van der Waals surface area contributed by atoms with Crippen molar-refractivity contribution < 1.29 is 0 Å². The van der Waals surface area contributed by atoms with Crippen molar-refractivity contribution in [2.45, 2.75) is 19.8 Å². The number of pyridine rings is 1. The smallest absolute Gasteiger partial charge is 0.151 e. The Labute approximate surface area is 85.7 Å². The van der Waals surface area contributed by atoms with Gasteiger partial charge < -0.3 is 4.40 Å². The van der Waals surface area contributed by atoms with E-state index < -0.39 is 0 Å². The van der Waals surface area contributed by atoms with E-state index in [1.807, 2.05) is 24.5 Å². The number of aromatic nitrogens is 2. The van der Waals surface area contributed by atoms with Gasteiger partial charge in [-0.05, 0) is 34.0 Å². The Balaban J connectivity index is 2.75. The lowest BCUT2D eigenvalue weighted by atomic mass is 10.1. The minimum Gasteiger partial charge on any atom is -0.303 e. The Morgan fingerprint density at radius 1 is 1.46 bits per heavy atom. The van der Waals surface area contributed by atoms with E-state index in [2.05, 4.69) is 39.2 Å². The third-order valence-electron chi connectivity index (χ3n) is 2.11. The SMILES string of the molecule is CC(C)c1cnc2c(Br)cccn12. The molecule has 0 unspecified atom stereocenters. The second-order valence-corrected chi connectivity index (χ2v) is 4.24. The summed E-state index contributed by atoms with van der Waals surface area (Å²) in [4.78, 5) is 4.36. The zero-order valence-corrected chi connectivity index (χ0v) is 9.25. The normalized spacial score (nSPS) is 11.4. The van der Waals surface area contributed by atoms with Gasteiger partial charge in [-0.25, -0.2) is 4.98 Å². The monoisotopic (exact) mass is 238 g/mol. The van der Waals surface area contributed by atoms with E-state index in [4.69, 9.17) is 0 Å². The molecule has 0 aromatic carbocycles. The summed E-state index contributed by atoms with van der Waals surface area (Å²) in [6, 6.07) is 4.02. The van der Waals surface area contributed by atoms with Gasteiger partial charge in [-0.1, -0.05) is 13.8 Å². The lowest BCUT2D eigenvalue weighted by Gasteiger charge is -2.04. The van der Waals surface area contributed by atoms with Crippen molar-refractivity contribution >= 4 is 21.6 Å². The molecule has 2 aromatic heterocycles. The van der Waals surface area contributed by atoms with Crippen LogP contribution in [0.3, 0.4) is 0 Å². The molecule has 2 rings (SSSR count). The summed E-state index contributed by atoms with van der Waals surface area (Å²) in [5, 5.41) is 0. The third-order valence-corrected chi connectivity index (χ3v) is 2.73. The maximum Gasteiger partial charge on any atom is 0.151 e. The minimum atomic E-state index is 0.504. The molecule has 0 radical (unpaired) electrons. The molecule has 2 aromatic rings. The van der Waals surface area contributed by atoms with Gasteiger partial charge in [-0.15, -0.1) is 0 Å². The van der Waals surface area contributed by atoms with Gasteiger partial charge in [0.05, 0.1) is 4.47 Å². The lowest BCUT2D eigenvalue weighted by molar-refractivity contribution is 0.808. The summed E-state index contributed by atoms with van der Waals surface area (Å²) in [6.45, 7) is 4.34. The molecule has 0 aliphatic carbocycles. The van der Waals surface area contributed by atoms with Crippen LogP contribution in [0.2, 0.25) is 0 Å². The van der Waals surface area contributed by atoms with Crippen molar-refractivity contribution in [3.8, 4) is 0 Å². The Morgan fingerprint density at radius 2 is 2.23 bits per heavy atom. The highest BCUT2D eigenvalue weighted by molar-refractivity contribution is 9.10. The van der Waals surface area contributed by atoms with Crippen molar-refractivity contribution in [1.29, 1.82) is 0 Å². The van der Waals surface area contributed by atoms with E-state index in [1.165, 1.54) is 5.69 Å². The van der Waals surface area contributed by atoms with Gasteiger partial charge in [0.25, 0.3) is 0 Å². The van der Waals surface area contributed by atoms with Crippen LogP contribution in [0.5, 0.6) is 0 Å². The van der Waals surface area contributed by atoms with Crippen LogP contribution in [-0.4, -0.2) is 9.38 Å². The van der Waals surface area contributed by atoms with Crippen LogP contribution in [0.1, 0.15) is 25.5 Å². The quantitative estimate of drug-likeness (QED) is 0.746. The van der Waals surface area contributed by atoms with Crippen LogP contribution in [-0.2, 0) is 0 Å². The Hall–Kier alpha value is -0.830. The molecule has 68 valence electrons. The summed E-state index contributed by atoms with van der Waals surface area (Å²) in [5.41, 5.74) is 2.24. The third kappa shape index (κ3) is 1.37. The van der Waals surface area contributed by atoms with E-state index in [9.17, 15) is 0 Å². The topological polar surface area (TPSA) is 17.3 Å². The molecule has 2 nitrogen and oxygen atoms in total. The van der Waals surface area contributed by atoms with Gasteiger partial charge in [0.2, 0.25) is 0 Å². The average Bonchev–Trinajstić information content (AvgIpc) is 2.48. The molecule has 0 saturated heterocycles. The van der Waals surface area contributed by atoms with Crippen molar-refractivity contribution in [2.75, 3.05) is 0 Å².